The highest BCUT2D eigenvalue weighted by Gasteiger charge is 2.14. The molecule has 0 fully saturated rings. The highest BCUT2D eigenvalue weighted by molar-refractivity contribution is 9.11. The number of imidazole rings is 1. The van der Waals surface area contributed by atoms with Crippen LogP contribution in [0.5, 0.6) is 0 Å². The van der Waals surface area contributed by atoms with Crippen LogP contribution in [0.3, 0.4) is 0 Å². The molecule has 0 aromatic carbocycles. The Morgan fingerprint density at radius 1 is 1.33 bits per heavy atom. The SMILES string of the molecule is Cc1c(Br)c(C)n2c(CCl)cnc2c1Br. The molecular formula is C10H9Br2ClN2. The van der Waals surface area contributed by atoms with Crippen molar-refractivity contribution in [1.29, 1.82) is 0 Å². The lowest BCUT2D eigenvalue weighted by molar-refractivity contribution is 1.00. The fraction of sp³-hybridized carbons (Fsp3) is 0.300. The van der Waals surface area contributed by atoms with Crippen molar-refractivity contribution >= 4 is 49.1 Å². The molecule has 2 aromatic heterocycles. The van der Waals surface area contributed by atoms with E-state index in [1.165, 1.54) is 0 Å². The van der Waals surface area contributed by atoms with Gasteiger partial charge >= 0.3 is 0 Å². The zero-order valence-electron chi connectivity index (χ0n) is 8.31. The summed E-state index contributed by atoms with van der Waals surface area (Å²) in [5.41, 5.74) is 4.21. The second-order valence-corrected chi connectivity index (χ2v) is 5.23. The maximum Gasteiger partial charge on any atom is 0.151 e. The first kappa shape index (κ1) is 11.4. The quantitative estimate of drug-likeness (QED) is 0.703. The van der Waals surface area contributed by atoms with E-state index < -0.39 is 0 Å². The summed E-state index contributed by atoms with van der Waals surface area (Å²) < 4.78 is 4.16. The Morgan fingerprint density at radius 2 is 2.00 bits per heavy atom. The normalized spacial score (nSPS) is 11.3. The molecule has 2 nitrogen and oxygen atoms in total. The molecule has 0 aliphatic carbocycles. The summed E-state index contributed by atoms with van der Waals surface area (Å²) >= 11 is 13.0. The van der Waals surface area contributed by atoms with E-state index in [2.05, 4.69) is 48.2 Å². The van der Waals surface area contributed by atoms with E-state index in [1.54, 1.807) is 0 Å². The lowest BCUT2D eigenvalue weighted by Crippen LogP contribution is -1.99. The first-order valence-electron chi connectivity index (χ1n) is 4.44. The predicted octanol–water partition coefficient (Wildman–Crippen LogP) is 4.21. The molecule has 0 bridgehead atoms. The molecule has 80 valence electrons. The van der Waals surface area contributed by atoms with Gasteiger partial charge in [-0.2, -0.15) is 0 Å². The zero-order chi connectivity index (χ0) is 11.2. The summed E-state index contributed by atoms with van der Waals surface area (Å²) in [6.45, 7) is 4.10. The number of aryl methyl sites for hydroxylation is 1. The van der Waals surface area contributed by atoms with Crippen LogP contribution in [-0.2, 0) is 5.88 Å². The van der Waals surface area contributed by atoms with Crippen molar-refractivity contribution in [1.82, 2.24) is 9.38 Å². The number of pyridine rings is 1. The van der Waals surface area contributed by atoms with Gasteiger partial charge in [-0.3, -0.25) is 4.40 Å². The minimum absolute atomic E-state index is 0.462. The van der Waals surface area contributed by atoms with Crippen LogP contribution in [0.1, 0.15) is 17.0 Å². The Labute approximate surface area is 110 Å². The molecule has 2 aromatic rings. The van der Waals surface area contributed by atoms with Crippen molar-refractivity contribution in [2.24, 2.45) is 0 Å². The number of aromatic nitrogens is 2. The van der Waals surface area contributed by atoms with Crippen LogP contribution in [0.4, 0.5) is 0 Å². The predicted molar refractivity (Wildman–Crippen MR) is 69.6 cm³/mol. The van der Waals surface area contributed by atoms with Crippen LogP contribution < -0.4 is 0 Å². The highest BCUT2D eigenvalue weighted by Crippen LogP contribution is 2.32. The molecule has 5 heteroatoms. The maximum atomic E-state index is 5.87. The average molecular weight is 352 g/mol. The minimum Gasteiger partial charge on any atom is -0.298 e. The molecule has 0 spiro atoms. The molecule has 0 saturated heterocycles. The van der Waals surface area contributed by atoms with Gasteiger partial charge in [-0.1, -0.05) is 0 Å². The summed E-state index contributed by atoms with van der Waals surface area (Å²) in [5, 5.41) is 0. The maximum absolute atomic E-state index is 5.87. The number of fused-ring (bicyclic) bond motifs is 1. The Balaban J connectivity index is 2.97. The van der Waals surface area contributed by atoms with Gasteiger partial charge in [0.25, 0.3) is 0 Å². The fourth-order valence-corrected chi connectivity index (χ4v) is 2.95. The summed E-state index contributed by atoms with van der Waals surface area (Å²) in [6, 6.07) is 0. The van der Waals surface area contributed by atoms with Crippen LogP contribution in [0.25, 0.3) is 5.65 Å². The second kappa shape index (κ2) is 4.07. The lowest BCUT2D eigenvalue weighted by atomic mass is 10.2. The molecule has 0 aliphatic rings. The van der Waals surface area contributed by atoms with Gasteiger partial charge in [-0.25, -0.2) is 4.98 Å². The summed E-state index contributed by atoms with van der Waals surface area (Å²) in [4.78, 5) is 4.36. The van der Waals surface area contributed by atoms with Gasteiger partial charge in [0.2, 0.25) is 0 Å². The van der Waals surface area contributed by atoms with Crippen LogP contribution in [0.15, 0.2) is 15.1 Å². The van der Waals surface area contributed by atoms with Crippen molar-refractivity contribution in [3.05, 3.63) is 32.1 Å². The van der Waals surface area contributed by atoms with Gasteiger partial charge in [-0.05, 0) is 51.3 Å². The van der Waals surface area contributed by atoms with Crippen LogP contribution in [0.2, 0.25) is 0 Å². The van der Waals surface area contributed by atoms with E-state index >= 15 is 0 Å². The summed E-state index contributed by atoms with van der Waals surface area (Å²) in [5.74, 6) is 0.462. The Morgan fingerprint density at radius 3 is 2.60 bits per heavy atom. The van der Waals surface area contributed by atoms with Gasteiger partial charge in [0.05, 0.1) is 22.2 Å². The molecule has 15 heavy (non-hydrogen) atoms. The van der Waals surface area contributed by atoms with Crippen molar-refractivity contribution in [2.75, 3.05) is 0 Å². The number of alkyl halides is 1. The number of rotatable bonds is 1. The third-order valence-corrected chi connectivity index (χ3v) is 4.87. The van der Waals surface area contributed by atoms with Crippen LogP contribution >= 0.6 is 43.5 Å². The average Bonchev–Trinajstić information content (AvgIpc) is 2.67. The van der Waals surface area contributed by atoms with Crippen molar-refractivity contribution in [3.8, 4) is 0 Å². The zero-order valence-corrected chi connectivity index (χ0v) is 12.2. The second-order valence-electron chi connectivity index (χ2n) is 3.38. The molecule has 2 rings (SSSR count). The molecule has 0 N–H and O–H groups in total. The van der Waals surface area contributed by atoms with Gasteiger partial charge in [0, 0.05) is 10.2 Å². The van der Waals surface area contributed by atoms with Gasteiger partial charge < -0.3 is 0 Å². The monoisotopic (exact) mass is 350 g/mol. The van der Waals surface area contributed by atoms with Gasteiger partial charge in [0.1, 0.15) is 0 Å². The molecule has 0 saturated carbocycles. The highest BCUT2D eigenvalue weighted by atomic mass is 79.9. The minimum atomic E-state index is 0.462. The van der Waals surface area contributed by atoms with Gasteiger partial charge in [0.15, 0.2) is 5.65 Å². The summed E-state index contributed by atoms with van der Waals surface area (Å²) in [7, 11) is 0. The van der Waals surface area contributed by atoms with Crippen molar-refractivity contribution < 1.29 is 0 Å². The van der Waals surface area contributed by atoms with Crippen molar-refractivity contribution in [3.63, 3.8) is 0 Å². The molecule has 0 amide bonds. The van der Waals surface area contributed by atoms with Crippen molar-refractivity contribution in [2.45, 2.75) is 19.7 Å². The molecule has 0 atom stereocenters. The van der Waals surface area contributed by atoms with E-state index in [1.807, 2.05) is 13.1 Å². The Bertz CT molecular complexity index is 534. The Hall–Kier alpha value is -0.0600. The van der Waals surface area contributed by atoms with Crippen LogP contribution in [-0.4, -0.2) is 9.38 Å². The molecule has 0 aliphatic heterocycles. The number of halogens is 3. The first-order valence-corrected chi connectivity index (χ1v) is 6.56. The molecule has 0 radical (unpaired) electrons. The van der Waals surface area contributed by atoms with Gasteiger partial charge in [-0.15, -0.1) is 11.6 Å². The van der Waals surface area contributed by atoms with Crippen LogP contribution in [0, 0.1) is 13.8 Å². The number of hydrogen-bond acceptors (Lipinski definition) is 1. The molecule has 0 unspecified atom stereocenters. The molecular weight excluding hydrogens is 343 g/mol. The van der Waals surface area contributed by atoms with E-state index in [4.69, 9.17) is 11.6 Å². The number of nitrogens with zero attached hydrogens (tertiary/aromatic N) is 2. The summed E-state index contributed by atoms with van der Waals surface area (Å²) in [6.07, 6.45) is 1.81. The Kier molecular flexibility index (Phi) is 3.10. The van der Waals surface area contributed by atoms with E-state index in [9.17, 15) is 0 Å². The lowest BCUT2D eigenvalue weighted by Gasteiger charge is -2.10. The fourth-order valence-electron chi connectivity index (χ4n) is 1.64. The third-order valence-electron chi connectivity index (χ3n) is 2.48. The smallest absolute Gasteiger partial charge is 0.151 e. The van der Waals surface area contributed by atoms with E-state index in [-0.39, 0.29) is 0 Å². The first-order chi connectivity index (χ1) is 7.07. The topological polar surface area (TPSA) is 17.3 Å². The number of hydrogen-bond donors (Lipinski definition) is 0. The largest absolute Gasteiger partial charge is 0.298 e. The standard InChI is InChI=1S/C10H9Br2ClN2/c1-5-8(11)6(2)15-7(3-13)4-14-10(15)9(5)12/h4H,3H2,1-2H3. The third kappa shape index (κ3) is 1.63. The molecule has 2 heterocycles. The van der Waals surface area contributed by atoms with E-state index in [0.717, 1.165) is 31.5 Å². The van der Waals surface area contributed by atoms with E-state index in [0.29, 0.717) is 5.88 Å².